The molecule has 2 N–H and O–H groups in total. The van der Waals surface area contributed by atoms with Gasteiger partial charge in [-0.2, -0.15) is 0 Å². The van der Waals surface area contributed by atoms with Crippen LogP contribution in [0.4, 0.5) is 0 Å². The van der Waals surface area contributed by atoms with Crippen LogP contribution in [0.25, 0.3) is 0 Å². The molecular weight excluding hydrogens is 264 g/mol. The molecule has 19 heavy (non-hydrogen) atoms. The highest BCUT2D eigenvalue weighted by molar-refractivity contribution is 7.89. The van der Waals surface area contributed by atoms with E-state index >= 15 is 0 Å². The van der Waals surface area contributed by atoms with E-state index in [1.807, 2.05) is 0 Å². The number of sulfonamides is 1. The van der Waals surface area contributed by atoms with Crippen molar-refractivity contribution in [1.82, 2.24) is 4.90 Å². The highest BCUT2D eigenvalue weighted by Gasteiger charge is 2.30. The molecule has 0 aliphatic carbocycles. The number of nitrogens with two attached hydrogens (primary N) is 1. The van der Waals surface area contributed by atoms with Crippen molar-refractivity contribution < 1.29 is 13.2 Å². The molecule has 0 saturated carbocycles. The van der Waals surface area contributed by atoms with Gasteiger partial charge in [0.05, 0.1) is 4.90 Å². The topological polar surface area (TPSA) is 72.6 Å². The summed E-state index contributed by atoms with van der Waals surface area (Å²) < 4.78 is 27.8. The Morgan fingerprint density at radius 1 is 1.32 bits per heavy atom. The Morgan fingerprint density at radius 2 is 1.95 bits per heavy atom. The average molecular weight is 284 g/mol. The molecule has 1 aliphatic heterocycles. The van der Waals surface area contributed by atoms with Crippen LogP contribution in [-0.2, 0) is 10.0 Å². The number of ether oxygens (including phenoxy) is 1. The zero-order valence-electron chi connectivity index (χ0n) is 11.2. The second-order valence-electron chi connectivity index (χ2n) is 5.08. The van der Waals surface area contributed by atoms with Crippen LogP contribution in [0.15, 0.2) is 29.2 Å². The molecule has 106 valence electrons. The second kappa shape index (κ2) is 5.48. The van der Waals surface area contributed by atoms with Crippen LogP contribution in [0, 0.1) is 5.92 Å². The molecule has 0 radical (unpaired) electrons. The molecule has 0 aromatic heterocycles. The Balaban J connectivity index is 1.81. The van der Waals surface area contributed by atoms with Crippen molar-refractivity contribution in [2.75, 3.05) is 19.7 Å². The Kier molecular flexibility index (Phi) is 4.13. The molecule has 6 heteroatoms. The van der Waals surface area contributed by atoms with Gasteiger partial charge in [0.2, 0.25) is 10.0 Å². The zero-order chi connectivity index (χ0) is 14.0. The number of hydrogen-bond acceptors (Lipinski definition) is 4. The van der Waals surface area contributed by atoms with Crippen LogP contribution in [-0.4, -0.2) is 39.1 Å². The first-order chi connectivity index (χ1) is 8.88. The lowest BCUT2D eigenvalue weighted by Gasteiger charge is -2.44. The summed E-state index contributed by atoms with van der Waals surface area (Å²) in [7, 11) is -3.63. The third kappa shape index (κ3) is 3.46. The monoisotopic (exact) mass is 284 g/mol. The number of primary sulfonamides is 1. The maximum atomic E-state index is 11.1. The summed E-state index contributed by atoms with van der Waals surface area (Å²) >= 11 is 0. The fraction of sp³-hybridized carbons (Fsp3) is 0.538. The molecule has 2 unspecified atom stereocenters. The molecule has 0 amide bonds. The average Bonchev–Trinajstić information content (AvgIpc) is 2.37. The Bertz CT molecular complexity index is 527. The molecule has 1 saturated heterocycles. The number of rotatable bonds is 5. The van der Waals surface area contributed by atoms with E-state index in [1.165, 1.54) is 12.1 Å². The summed E-state index contributed by atoms with van der Waals surface area (Å²) in [4.78, 5) is 2.47. The van der Waals surface area contributed by atoms with Crippen molar-refractivity contribution >= 4 is 10.0 Å². The van der Waals surface area contributed by atoms with Gasteiger partial charge in [-0.15, -0.1) is 0 Å². The van der Waals surface area contributed by atoms with Crippen molar-refractivity contribution in [2.45, 2.75) is 24.8 Å². The summed E-state index contributed by atoms with van der Waals surface area (Å²) in [5.41, 5.74) is 0. The summed E-state index contributed by atoms with van der Waals surface area (Å²) in [5.74, 6) is 1.42. The number of likely N-dealkylation sites (tertiary alicyclic amines) is 1. The number of benzene rings is 1. The second-order valence-corrected chi connectivity index (χ2v) is 6.64. The van der Waals surface area contributed by atoms with Crippen LogP contribution >= 0.6 is 0 Å². The van der Waals surface area contributed by atoms with Crippen molar-refractivity contribution in [3.8, 4) is 5.75 Å². The van der Waals surface area contributed by atoms with Crippen LogP contribution in [0.2, 0.25) is 0 Å². The Morgan fingerprint density at radius 3 is 2.42 bits per heavy atom. The summed E-state index contributed by atoms with van der Waals surface area (Å²) in [6.45, 7) is 7.08. The molecular formula is C13H20N2O3S. The minimum Gasteiger partial charge on any atom is -0.492 e. The molecule has 2 atom stereocenters. The van der Waals surface area contributed by atoms with Crippen molar-refractivity contribution in [2.24, 2.45) is 11.1 Å². The molecule has 1 fully saturated rings. The fourth-order valence-corrected chi connectivity index (χ4v) is 2.73. The van der Waals surface area contributed by atoms with E-state index in [4.69, 9.17) is 9.88 Å². The molecule has 5 nitrogen and oxygen atoms in total. The first kappa shape index (κ1) is 14.3. The van der Waals surface area contributed by atoms with E-state index in [2.05, 4.69) is 18.7 Å². The summed E-state index contributed by atoms with van der Waals surface area (Å²) in [6.07, 6.45) is 0. The van der Waals surface area contributed by atoms with Gasteiger partial charge in [0.1, 0.15) is 12.4 Å². The van der Waals surface area contributed by atoms with Gasteiger partial charge >= 0.3 is 0 Å². The number of hydrogen-bond donors (Lipinski definition) is 1. The quantitative estimate of drug-likeness (QED) is 0.877. The van der Waals surface area contributed by atoms with Gasteiger partial charge in [0.25, 0.3) is 0 Å². The maximum absolute atomic E-state index is 11.1. The summed E-state index contributed by atoms with van der Waals surface area (Å²) in [6, 6.07) is 6.79. The molecule has 1 aliphatic rings. The van der Waals surface area contributed by atoms with Crippen molar-refractivity contribution in [1.29, 1.82) is 0 Å². The van der Waals surface area contributed by atoms with Crippen molar-refractivity contribution in [3.05, 3.63) is 24.3 Å². The first-order valence-electron chi connectivity index (χ1n) is 6.37. The van der Waals surface area contributed by atoms with Gasteiger partial charge in [0.15, 0.2) is 0 Å². The van der Waals surface area contributed by atoms with Gasteiger partial charge in [-0.1, -0.05) is 6.92 Å². The van der Waals surface area contributed by atoms with E-state index < -0.39 is 10.0 Å². The predicted octanol–water partition coefficient (Wildman–Crippen LogP) is 1.05. The highest BCUT2D eigenvalue weighted by atomic mass is 32.2. The number of nitrogens with zero attached hydrogens (tertiary/aromatic N) is 1. The smallest absolute Gasteiger partial charge is 0.238 e. The molecule has 0 spiro atoms. The Hall–Kier alpha value is -1.11. The maximum Gasteiger partial charge on any atom is 0.238 e. The minimum atomic E-state index is -3.63. The van der Waals surface area contributed by atoms with Crippen LogP contribution in [0.5, 0.6) is 5.75 Å². The van der Waals surface area contributed by atoms with Gasteiger partial charge in [0, 0.05) is 19.1 Å². The lowest BCUT2D eigenvalue weighted by molar-refractivity contribution is 0.0269. The third-order valence-corrected chi connectivity index (χ3v) is 4.65. The van der Waals surface area contributed by atoms with Gasteiger partial charge < -0.3 is 4.74 Å². The molecule has 1 aromatic carbocycles. The summed E-state index contributed by atoms with van der Waals surface area (Å²) in [5, 5.41) is 5.03. The normalized spacial score (nSPS) is 23.9. The molecule has 2 rings (SSSR count). The highest BCUT2D eigenvalue weighted by Crippen LogP contribution is 2.23. The van der Waals surface area contributed by atoms with Crippen molar-refractivity contribution in [3.63, 3.8) is 0 Å². The molecule has 1 aromatic rings. The lowest BCUT2D eigenvalue weighted by Crippen LogP contribution is -2.54. The van der Waals surface area contributed by atoms with Crippen LogP contribution in [0.3, 0.4) is 0 Å². The molecule has 0 bridgehead atoms. The van der Waals surface area contributed by atoms with Gasteiger partial charge in [-0.05, 0) is 37.1 Å². The first-order valence-corrected chi connectivity index (χ1v) is 7.92. The fourth-order valence-electron chi connectivity index (χ4n) is 2.21. The zero-order valence-corrected chi connectivity index (χ0v) is 12.1. The van der Waals surface area contributed by atoms with E-state index in [0.29, 0.717) is 18.4 Å². The van der Waals surface area contributed by atoms with Crippen LogP contribution < -0.4 is 9.88 Å². The minimum absolute atomic E-state index is 0.102. The van der Waals surface area contributed by atoms with E-state index in [9.17, 15) is 8.42 Å². The molecule has 1 heterocycles. The van der Waals surface area contributed by atoms with E-state index in [1.54, 1.807) is 12.1 Å². The third-order valence-electron chi connectivity index (χ3n) is 3.72. The SMILES string of the molecule is CC1CN(CCOc2ccc(S(N)(=O)=O)cc2)C1C. The van der Waals surface area contributed by atoms with Gasteiger partial charge in [-0.3, -0.25) is 4.90 Å². The Labute approximate surface area is 114 Å². The predicted molar refractivity (Wildman–Crippen MR) is 73.5 cm³/mol. The van der Waals surface area contributed by atoms with E-state index in [-0.39, 0.29) is 4.90 Å². The van der Waals surface area contributed by atoms with E-state index in [0.717, 1.165) is 19.0 Å². The standard InChI is InChI=1S/C13H20N2O3S/c1-10-9-15(11(10)2)7-8-18-12-3-5-13(6-4-12)19(14,16)17/h3-6,10-11H,7-9H2,1-2H3,(H2,14,16,17). The van der Waals surface area contributed by atoms with Gasteiger partial charge in [-0.25, -0.2) is 13.6 Å². The lowest BCUT2D eigenvalue weighted by atomic mass is 9.92. The van der Waals surface area contributed by atoms with Crippen LogP contribution in [0.1, 0.15) is 13.8 Å². The largest absolute Gasteiger partial charge is 0.492 e.